The van der Waals surface area contributed by atoms with Gasteiger partial charge in [-0.15, -0.1) is 0 Å². The predicted octanol–water partition coefficient (Wildman–Crippen LogP) is 3.23. The van der Waals surface area contributed by atoms with Crippen LogP contribution in [0.5, 0.6) is 0 Å². The Morgan fingerprint density at radius 2 is 1.79 bits per heavy atom. The van der Waals surface area contributed by atoms with Crippen molar-refractivity contribution in [1.29, 1.82) is 0 Å². The summed E-state index contributed by atoms with van der Waals surface area (Å²) < 4.78 is 12.9. The van der Waals surface area contributed by atoms with Crippen LogP contribution in [-0.2, 0) is 13.1 Å². The molecule has 0 aromatic heterocycles. The number of anilines is 1. The van der Waals surface area contributed by atoms with E-state index in [4.69, 9.17) is 5.73 Å². The van der Waals surface area contributed by atoms with Crippen LogP contribution >= 0.6 is 0 Å². The van der Waals surface area contributed by atoms with E-state index in [-0.39, 0.29) is 5.82 Å². The molecule has 0 atom stereocenters. The summed E-state index contributed by atoms with van der Waals surface area (Å²) in [7, 11) is 2.00. The zero-order valence-electron chi connectivity index (χ0n) is 11.4. The molecule has 0 fully saturated rings. The van der Waals surface area contributed by atoms with Crippen molar-refractivity contribution < 1.29 is 4.39 Å². The van der Waals surface area contributed by atoms with Gasteiger partial charge in [0.25, 0.3) is 0 Å². The van der Waals surface area contributed by atoms with Crippen LogP contribution in [0.3, 0.4) is 0 Å². The molecule has 2 aromatic rings. The van der Waals surface area contributed by atoms with Gasteiger partial charge in [-0.3, -0.25) is 0 Å². The van der Waals surface area contributed by atoms with Crippen LogP contribution in [-0.4, -0.2) is 7.05 Å². The van der Waals surface area contributed by atoms with E-state index < -0.39 is 0 Å². The summed E-state index contributed by atoms with van der Waals surface area (Å²) in [6.07, 6.45) is 0. The molecule has 0 amide bonds. The SMILES string of the molecule is Cc1cc(CN)ccc1CN(C)c1ccc(F)cc1. The predicted molar refractivity (Wildman–Crippen MR) is 77.6 cm³/mol. The molecule has 2 nitrogen and oxygen atoms in total. The van der Waals surface area contributed by atoms with E-state index in [1.54, 1.807) is 12.1 Å². The van der Waals surface area contributed by atoms with E-state index in [9.17, 15) is 4.39 Å². The maximum absolute atomic E-state index is 12.9. The van der Waals surface area contributed by atoms with E-state index >= 15 is 0 Å². The quantitative estimate of drug-likeness (QED) is 0.912. The average molecular weight is 258 g/mol. The molecule has 0 saturated carbocycles. The van der Waals surface area contributed by atoms with Crippen molar-refractivity contribution in [3.63, 3.8) is 0 Å². The number of hydrogen-bond donors (Lipinski definition) is 1. The zero-order valence-corrected chi connectivity index (χ0v) is 11.4. The number of rotatable bonds is 4. The first-order valence-electron chi connectivity index (χ1n) is 6.35. The van der Waals surface area contributed by atoms with Crippen LogP contribution in [0.4, 0.5) is 10.1 Å². The van der Waals surface area contributed by atoms with Gasteiger partial charge in [0, 0.05) is 25.8 Å². The van der Waals surface area contributed by atoms with Crippen molar-refractivity contribution >= 4 is 5.69 Å². The second kappa shape index (κ2) is 5.85. The normalized spacial score (nSPS) is 10.5. The molecule has 0 unspecified atom stereocenters. The Balaban J connectivity index is 2.14. The molecule has 0 radical (unpaired) electrons. The van der Waals surface area contributed by atoms with Gasteiger partial charge in [-0.1, -0.05) is 18.2 Å². The van der Waals surface area contributed by atoms with Crippen molar-refractivity contribution in [1.82, 2.24) is 0 Å². The third kappa shape index (κ3) is 3.32. The van der Waals surface area contributed by atoms with Gasteiger partial charge in [0.05, 0.1) is 0 Å². The van der Waals surface area contributed by atoms with Crippen molar-refractivity contribution in [3.8, 4) is 0 Å². The zero-order chi connectivity index (χ0) is 13.8. The van der Waals surface area contributed by atoms with Crippen LogP contribution < -0.4 is 10.6 Å². The number of nitrogens with two attached hydrogens (primary N) is 1. The smallest absolute Gasteiger partial charge is 0.123 e. The second-order valence-electron chi connectivity index (χ2n) is 4.80. The molecule has 19 heavy (non-hydrogen) atoms. The molecular formula is C16H19FN2. The minimum atomic E-state index is -0.208. The van der Waals surface area contributed by atoms with Gasteiger partial charge in [-0.05, 0) is 47.9 Å². The Morgan fingerprint density at radius 1 is 1.11 bits per heavy atom. The fourth-order valence-electron chi connectivity index (χ4n) is 2.10. The number of hydrogen-bond acceptors (Lipinski definition) is 2. The summed E-state index contributed by atoms with van der Waals surface area (Å²) in [6.45, 7) is 3.45. The Hall–Kier alpha value is -1.87. The Labute approximate surface area is 113 Å². The van der Waals surface area contributed by atoms with Crippen LogP contribution in [0.1, 0.15) is 16.7 Å². The Kier molecular flexibility index (Phi) is 4.17. The Morgan fingerprint density at radius 3 is 2.37 bits per heavy atom. The molecule has 2 aromatic carbocycles. The van der Waals surface area contributed by atoms with E-state index in [2.05, 4.69) is 30.0 Å². The lowest BCUT2D eigenvalue weighted by molar-refractivity contribution is 0.627. The second-order valence-corrected chi connectivity index (χ2v) is 4.80. The van der Waals surface area contributed by atoms with Gasteiger partial charge >= 0.3 is 0 Å². The highest BCUT2D eigenvalue weighted by atomic mass is 19.1. The van der Waals surface area contributed by atoms with Crippen molar-refractivity contribution in [2.24, 2.45) is 5.73 Å². The summed E-state index contributed by atoms with van der Waals surface area (Å²) in [4.78, 5) is 2.10. The maximum atomic E-state index is 12.9. The van der Waals surface area contributed by atoms with Gasteiger partial charge < -0.3 is 10.6 Å². The van der Waals surface area contributed by atoms with E-state index in [1.165, 1.54) is 23.3 Å². The third-order valence-electron chi connectivity index (χ3n) is 3.32. The van der Waals surface area contributed by atoms with Gasteiger partial charge in [-0.25, -0.2) is 4.39 Å². The standard InChI is InChI=1S/C16H19FN2/c1-12-9-13(10-18)3-4-14(12)11-19(2)16-7-5-15(17)6-8-16/h3-9H,10-11,18H2,1-2H3. The van der Waals surface area contributed by atoms with Crippen LogP contribution in [0, 0.1) is 12.7 Å². The first-order valence-corrected chi connectivity index (χ1v) is 6.35. The lowest BCUT2D eigenvalue weighted by atomic mass is 10.0. The van der Waals surface area contributed by atoms with Crippen molar-refractivity contribution in [2.75, 3.05) is 11.9 Å². The van der Waals surface area contributed by atoms with E-state index in [0.717, 1.165) is 17.8 Å². The van der Waals surface area contributed by atoms with Gasteiger partial charge in [0.15, 0.2) is 0 Å². The summed E-state index contributed by atoms with van der Waals surface area (Å²) in [5, 5.41) is 0. The highest BCUT2D eigenvalue weighted by Crippen LogP contribution is 2.18. The molecule has 0 saturated heterocycles. The van der Waals surface area contributed by atoms with Crippen LogP contribution in [0.15, 0.2) is 42.5 Å². The Bertz CT molecular complexity index is 549. The van der Waals surface area contributed by atoms with Crippen molar-refractivity contribution in [3.05, 3.63) is 65.0 Å². The van der Waals surface area contributed by atoms with Crippen LogP contribution in [0.25, 0.3) is 0 Å². The first kappa shape index (κ1) is 13.6. The molecule has 3 heteroatoms. The molecule has 0 aliphatic heterocycles. The average Bonchev–Trinajstić information content (AvgIpc) is 2.41. The summed E-state index contributed by atoms with van der Waals surface area (Å²) in [5.41, 5.74) is 10.3. The first-order chi connectivity index (χ1) is 9.10. The number of nitrogens with zero attached hydrogens (tertiary/aromatic N) is 1. The summed E-state index contributed by atoms with van der Waals surface area (Å²) in [5.74, 6) is -0.208. The highest BCUT2D eigenvalue weighted by molar-refractivity contribution is 5.46. The minimum Gasteiger partial charge on any atom is -0.370 e. The molecule has 100 valence electrons. The van der Waals surface area contributed by atoms with Crippen LogP contribution in [0.2, 0.25) is 0 Å². The molecule has 0 heterocycles. The molecule has 0 aliphatic rings. The van der Waals surface area contributed by atoms with Gasteiger partial charge in [0.2, 0.25) is 0 Å². The minimum absolute atomic E-state index is 0.208. The summed E-state index contributed by atoms with van der Waals surface area (Å²) >= 11 is 0. The lowest BCUT2D eigenvalue weighted by Gasteiger charge is -2.20. The van der Waals surface area contributed by atoms with Gasteiger partial charge in [0.1, 0.15) is 5.82 Å². The maximum Gasteiger partial charge on any atom is 0.123 e. The fourth-order valence-corrected chi connectivity index (χ4v) is 2.10. The molecule has 2 rings (SSSR count). The molecular weight excluding hydrogens is 239 g/mol. The fraction of sp³-hybridized carbons (Fsp3) is 0.250. The monoisotopic (exact) mass is 258 g/mol. The molecule has 2 N–H and O–H groups in total. The largest absolute Gasteiger partial charge is 0.370 e. The molecule has 0 bridgehead atoms. The molecule has 0 spiro atoms. The number of benzene rings is 2. The van der Waals surface area contributed by atoms with Crippen molar-refractivity contribution in [2.45, 2.75) is 20.0 Å². The molecule has 0 aliphatic carbocycles. The summed E-state index contributed by atoms with van der Waals surface area (Å²) in [6, 6.07) is 12.8. The highest BCUT2D eigenvalue weighted by Gasteiger charge is 2.05. The number of aryl methyl sites for hydroxylation is 1. The lowest BCUT2D eigenvalue weighted by Crippen LogP contribution is -2.17. The number of halogens is 1. The topological polar surface area (TPSA) is 29.3 Å². The van der Waals surface area contributed by atoms with Gasteiger partial charge in [-0.2, -0.15) is 0 Å². The van der Waals surface area contributed by atoms with E-state index in [0.29, 0.717) is 6.54 Å². The van der Waals surface area contributed by atoms with E-state index in [1.807, 2.05) is 7.05 Å². The third-order valence-corrected chi connectivity index (χ3v) is 3.32.